The maximum Gasteiger partial charge on any atom is 0.360 e. The number of carbonyl (C=O) groups excluding carboxylic acids is 1. The van der Waals surface area contributed by atoms with E-state index in [0.29, 0.717) is 0 Å². The zero-order valence-corrected chi connectivity index (χ0v) is 11.6. The summed E-state index contributed by atoms with van der Waals surface area (Å²) >= 11 is 1.23. The predicted octanol–water partition coefficient (Wildman–Crippen LogP) is 1.29. The van der Waals surface area contributed by atoms with Crippen molar-refractivity contribution in [1.82, 2.24) is 4.98 Å². The molecule has 0 atom stereocenters. The Morgan fingerprint density at radius 2 is 2.16 bits per heavy atom. The molecule has 0 bridgehead atoms. The molecule has 7 nitrogen and oxygen atoms in total. The normalized spacial score (nSPS) is 12.1. The summed E-state index contributed by atoms with van der Waals surface area (Å²) in [6, 6.07) is 0. The third-order valence-electron chi connectivity index (χ3n) is 1.64. The third-order valence-corrected chi connectivity index (χ3v) is 2.22. The van der Waals surface area contributed by atoms with Crippen LogP contribution in [0.1, 0.15) is 26.5 Å². The van der Waals surface area contributed by atoms with Crippen LogP contribution < -0.4 is 0 Å². The van der Waals surface area contributed by atoms with Gasteiger partial charge in [-0.15, -0.1) is 11.3 Å². The van der Waals surface area contributed by atoms with Crippen molar-refractivity contribution in [3.63, 3.8) is 0 Å². The molecule has 1 rings (SSSR count). The molecule has 0 aliphatic carbocycles. The number of rotatable bonds is 5. The number of ether oxygens (including phenoxy) is 1. The van der Waals surface area contributed by atoms with Gasteiger partial charge in [0, 0.05) is 5.38 Å². The summed E-state index contributed by atoms with van der Waals surface area (Å²) in [5.74, 6) is -1.91. The molecule has 0 aliphatic rings. The average Bonchev–Trinajstić information content (AvgIpc) is 2.74. The van der Waals surface area contributed by atoms with Crippen LogP contribution in [-0.4, -0.2) is 39.9 Å². The highest BCUT2D eigenvalue weighted by atomic mass is 32.1. The minimum atomic E-state index is -1.28. The first-order valence-corrected chi connectivity index (χ1v) is 6.27. The van der Waals surface area contributed by atoms with Crippen LogP contribution in [0.15, 0.2) is 16.0 Å². The largest absolute Gasteiger partial charge is 0.476 e. The summed E-state index contributed by atoms with van der Waals surface area (Å²) in [5, 5.41) is 13.8. The van der Waals surface area contributed by atoms with Gasteiger partial charge in [0.15, 0.2) is 0 Å². The maximum atomic E-state index is 11.3. The number of carboxylic acid groups (broad SMARTS) is 1. The molecule has 1 aromatic rings. The number of aliphatic carboxylic acids is 1. The topological polar surface area (TPSA) is 98.1 Å². The zero-order valence-electron chi connectivity index (χ0n) is 10.7. The monoisotopic (exact) mass is 286 g/mol. The molecule has 0 amide bonds. The van der Waals surface area contributed by atoms with Crippen molar-refractivity contribution in [1.29, 1.82) is 0 Å². The number of carboxylic acids is 1. The number of hydrogen-bond acceptors (Lipinski definition) is 7. The van der Waals surface area contributed by atoms with Crippen molar-refractivity contribution < 1.29 is 24.3 Å². The van der Waals surface area contributed by atoms with E-state index in [2.05, 4.69) is 15.0 Å². The Bertz CT molecular complexity index is 476. The Morgan fingerprint density at radius 3 is 2.63 bits per heavy atom. The van der Waals surface area contributed by atoms with Crippen molar-refractivity contribution in [2.24, 2.45) is 5.16 Å². The molecular weight excluding hydrogens is 272 g/mol. The van der Waals surface area contributed by atoms with E-state index >= 15 is 0 Å². The molecule has 0 saturated carbocycles. The highest BCUT2D eigenvalue weighted by molar-refractivity contribution is 7.07. The van der Waals surface area contributed by atoms with Crippen LogP contribution in [0.3, 0.4) is 0 Å². The first-order chi connectivity index (χ1) is 8.79. The molecule has 1 N–H and O–H groups in total. The molecule has 104 valence electrons. The average molecular weight is 286 g/mol. The Morgan fingerprint density at radius 1 is 1.47 bits per heavy atom. The number of carbonyl (C=O) groups is 2. The second kappa shape index (κ2) is 6.28. The van der Waals surface area contributed by atoms with E-state index in [9.17, 15) is 9.59 Å². The molecule has 8 heteroatoms. The van der Waals surface area contributed by atoms with Gasteiger partial charge in [0.05, 0.1) is 5.51 Å². The zero-order chi connectivity index (χ0) is 14.5. The number of hydrogen-bond donors (Lipinski definition) is 1. The van der Waals surface area contributed by atoms with E-state index in [-0.39, 0.29) is 11.4 Å². The smallest absolute Gasteiger partial charge is 0.360 e. The first kappa shape index (κ1) is 15.1. The molecule has 0 unspecified atom stereocenters. The number of oxime groups is 1. The molecule has 1 heterocycles. The van der Waals surface area contributed by atoms with E-state index in [1.165, 1.54) is 22.2 Å². The van der Waals surface area contributed by atoms with Gasteiger partial charge in [-0.3, -0.25) is 0 Å². The van der Waals surface area contributed by atoms with Crippen LogP contribution in [0.5, 0.6) is 0 Å². The molecule has 0 saturated heterocycles. The van der Waals surface area contributed by atoms with Crippen molar-refractivity contribution >= 4 is 29.0 Å². The van der Waals surface area contributed by atoms with E-state index in [4.69, 9.17) is 9.84 Å². The lowest BCUT2D eigenvalue weighted by Gasteiger charge is -2.18. The summed E-state index contributed by atoms with van der Waals surface area (Å²) in [5.41, 5.74) is 0.669. The standard InChI is InChI=1S/C11H14N2O5S/c1-11(2,3)18-8(14)4-17-13-9(10(15)16)7-5-19-6-12-7/h5-6H,4H2,1-3H3,(H,15,16). The third kappa shape index (κ3) is 5.47. The van der Waals surface area contributed by atoms with Gasteiger partial charge in [-0.25, -0.2) is 14.6 Å². The molecule has 0 radical (unpaired) electrons. The molecule has 0 spiro atoms. The number of thiazole rings is 1. The van der Waals surface area contributed by atoms with E-state index < -0.39 is 24.1 Å². The minimum Gasteiger partial charge on any atom is -0.476 e. The first-order valence-electron chi connectivity index (χ1n) is 5.33. The van der Waals surface area contributed by atoms with Gasteiger partial charge < -0.3 is 14.7 Å². The SMILES string of the molecule is CC(C)(C)OC(=O)CON=C(C(=O)O)c1cscn1. The van der Waals surface area contributed by atoms with E-state index in [1.54, 1.807) is 20.8 Å². The highest BCUT2D eigenvalue weighted by Gasteiger charge is 2.18. The molecular formula is C11H14N2O5S. The molecule has 19 heavy (non-hydrogen) atoms. The van der Waals surface area contributed by atoms with Gasteiger partial charge in [-0.1, -0.05) is 5.16 Å². The Hall–Kier alpha value is -1.96. The predicted molar refractivity (Wildman–Crippen MR) is 68.1 cm³/mol. The molecule has 0 aliphatic heterocycles. The van der Waals surface area contributed by atoms with Crippen LogP contribution in [0.4, 0.5) is 0 Å². The van der Waals surface area contributed by atoms with Crippen LogP contribution in [0.25, 0.3) is 0 Å². The van der Waals surface area contributed by atoms with Crippen LogP contribution >= 0.6 is 11.3 Å². The lowest BCUT2D eigenvalue weighted by atomic mass is 10.2. The van der Waals surface area contributed by atoms with Gasteiger partial charge in [0.1, 0.15) is 11.3 Å². The summed E-state index contributed by atoms with van der Waals surface area (Å²) < 4.78 is 4.98. The van der Waals surface area contributed by atoms with Crippen LogP contribution in [-0.2, 0) is 19.2 Å². The van der Waals surface area contributed by atoms with Gasteiger partial charge in [-0.05, 0) is 20.8 Å². The number of aromatic nitrogens is 1. The second-order valence-corrected chi connectivity index (χ2v) is 5.20. The lowest BCUT2D eigenvalue weighted by molar-refractivity contribution is -0.160. The summed E-state index contributed by atoms with van der Waals surface area (Å²) in [7, 11) is 0. The Labute approximate surface area is 113 Å². The van der Waals surface area contributed by atoms with Gasteiger partial charge in [0.25, 0.3) is 0 Å². The van der Waals surface area contributed by atoms with Gasteiger partial charge in [0.2, 0.25) is 12.3 Å². The lowest BCUT2D eigenvalue weighted by Crippen LogP contribution is -2.26. The molecule has 0 aromatic carbocycles. The van der Waals surface area contributed by atoms with Crippen LogP contribution in [0.2, 0.25) is 0 Å². The minimum absolute atomic E-state index is 0.182. The summed E-state index contributed by atoms with van der Waals surface area (Å²) in [4.78, 5) is 30.8. The fourth-order valence-electron chi connectivity index (χ4n) is 1.05. The fourth-order valence-corrected chi connectivity index (χ4v) is 1.58. The quantitative estimate of drug-likeness (QED) is 0.497. The Balaban J connectivity index is 2.59. The Kier molecular flexibility index (Phi) is 4.99. The van der Waals surface area contributed by atoms with Crippen molar-refractivity contribution in [2.45, 2.75) is 26.4 Å². The van der Waals surface area contributed by atoms with E-state index in [1.807, 2.05) is 0 Å². The molecule has 0 fully saturated rings. The van der Waals surface area contributed by atoms with Crippen molar-refractivity contribution in [3.8, 4) is 0 Å². The van der Waals surface area contributed by atoms with Crippen molar-refractivity contribution in [3.05, 3.63) is 16.6 Å². The number of nitrogens with zero attached hydrogens (tertiary/aromatic N) is 2. The van der Waals surface area contributed by atoms with Gasteiger partial charge >= 0.3 is 11.9 Å². The van der Waals surface area contributed by atoms with Crippen molar-refractivity contribution in [2.75, 3.05) is 6.61 Å². The maximum absolute atomic E-state index is 11.3. The van der Waals surface area contributed by atoms with Crippen LogP contribution in [0, 0.1) is 0 Å². The summed E-state index contributed by atoms with van der Waals surface area (Å²) in [6.07, 6.45) is 0. The summed E-state index contributed by atoms with van der Waals surface area (Å²) in [6.45, 7) is 4.68. The highest BCUT2D eigenvalue weighted by Crippen LogP contribution is 2.07. The fraction of sp³-hybridized carbons (Fsp3) is 0.455. The van der Waals surface area contributed by atoms with Gasteiger partial charge in [-0.2, -0.15) is 0 Å². The number of esters is 1. The van der Waals surface area contributed by atoms with E-state index in [0.717, 1.165) is 0 Å². The second-order valence-electron chi connectivity index (χ2n) is 4.48. The molecule has 1 aromatic heterocycles.